The van der Waals surface area contributed by atoms with Crippen molar-refractivity contribution in [2.75, 3.05) is 13.1 Å². The molecule has 1 aliphatic rings. The highest BCUT2D eigenvalue weighted by atomic mass is 15.2. The quantitative estimate of drug-likeness (QED) is 0.427. The molecule has 1 saturated heterocycles. The first-order valence-corrected chi connectivity index (χ1v) is 11.0. The summed E-state index contributed by atoms with van der Waals surface area (Å²) in [6, 6.07) is 13.5. The van der Waals surface area contributed by atoms with Gasteiger partial charge in [-0.3, -0.25) is 0 Å². The number of likely N-dealkylation sites (tertiary alicyclic amines) is 1. The maximum Gasteiger partial charge on any atom is 0.117 e. The summed E-state index contributed by atoms with van der Waals surface area (Å²) < 4.78 is 0. The fourth-order valence-electron chi connectivity index (χ4n) is 4.35. The zero-order valence-corrected chi connectivity index (χ0v) is 18.4. The molecule has 1 nitrogen and oxygen atoms in total. The molecule has 0 N–H and O–H groups in total. The van der Waals surface area contributed by atoms with Gasteiger partial charge in [-0.2, -0.15) is 0 Å². The molecular weight excluding hydrogens is 349 g/mol. The molecule has 29 heavy (non-hydrogen) atoms. The van der Waals surface area contributed by atoms with E-state index in [4.69, 9.17) is 6.42 Å². The molecule has 0 amide bonds. The Labute approximate surface area is 178 Å². The average molecular weight is 383 g/mol. The average Bonchev–Trinajstić information content (AvgIpc) is 2.67. The van der Waals surface area contributed by atoms with E-state index in [2.05, 4.69) is 74.5 Å². The number of hydrogen-bond acceptors (Lipinski definition) is 1. The summed E-state index contributed by atoms with van der Waals surface area (Å²) in [5, 5.41) is 0. The van der Waals surface area contributed by atoms with Crippen molar-refractivity contribution >= 4 is 7.28 Å². The van der Waals surface area contributed by atoms with Gasteiger partial charge in [0.2, 0.25) is 0 Å². The molecule has 1 aliphatic heterocycles. The molecule has 0 atom stereocenters. The van der Waals surface area contributed by atoms with Gasteiger partial charge in [0.05, 0.1) is 0 Å². The maximum atomic E-state index is 5.67. The first-order chi connectivity index (χ1) is 14.0. The second kappa shape index (κ2) is 9.88. The van der Waals surface area contributed by atoms with Gasteiger partial charge in [0, 0.05) is 31.6 Å². The van der Waals surface area contributed by atoms with E-state index < -0.39 is 0 Å². The molecule has 2 heteroatoms. The fraction of sp³-hybridized carbons (Fsp3) is 0.407. The summed E-state index contributed by atoms with van der Waals surface area (Å²) in [7, 11) is 1.22. The fourth-order valence-corrected chi connectivity index (χ4v) is 4.35. The van der Waals surface area contributed by atoms with Crippen LogP contribution in [-0.2, 0) is 25.7 Å². The Kier molecular flexibility index (Phi) is 7.26. The van der Waals surface area contributed by atoms with Gasteiger partial charge in [0.15, 0.2) is 0 Å². The molecule has 0 aromatic heterocycles. The third kappa shape index (κ3) is 5.36. The van der Waals surface area contributed by atoms with E-state index in [1.54, 1.807) is 0 Å². The van der Waals surface area contributed by atoms with Crippen molar-refractivity contribution in [1.29, 1.82) is 0 Å². The lowest BCUT2D eigenvalue weighted by Gasteiger charge is -2.42. The van der Waals surface area contributed by atoms with E-state index in [-0.39, 0.29) is 0 Å². The molecule has 1 fully saturated rings. The zero-order chi connectivity index (χ0) is 20.8. The highest BCUT2D eigenvalue weighted by molar-refractivity contribution is 6.33. The van der Waals surface area contributed by atoms with Crippen LogP contribution in [0.1, 0.15) is 33.4 Å². The maximum absolute atomic E-state index is 5.67. The summed E-state index contributed by atoms with van der Waals surface area (Å²) in [4.78, 5) is 2.44. The normalized spacial score (nSPS) is 13.7. The van der Waals surface area contributed by atoms with Gasteiger partial charge in [0.1, 0.15) is 7.28 Å². The van der Waals surface area contributed by atoms with Crippen LogP contribution < -0.4 is 0 Å². The van der Waals surface area contributed by atoms with Gasteiger partial charge in [0.25, 0.3) is 0 Å². The van der Waals surface area contributed by atoms with Gasteiger partial charge in [-0.1, -0.05) is 61.7 Å². The summed E-state index contributed by atoms with van der Waals surface area (Å²) in [5.74, 6) is 3.59. The van der Waals surface area contributed by atoms with E-state index in [9.17, 15) is 0 Å². The van der Waals surface area contributed by atoms with Crippen molar-refractivity contribution in [3.05, 3.63) is 82.1 Å². The number of rotatable bonds is 9. The molecule has 0 aliphatic carbocycles. The molecule has 1 heterocycles. The Morgan fingerprint density at radius 3 is 2.48 bits per heavy atom. The van der Waals surface area contributed by atoms with Crippen LogP contribution in [0, 0.1) is 32.1 Å². The van der Waals surface area contributed by atoms with Gasteiger partial charge >= 0.3 is 0 Å². The lowest BCUT2D eigenvalue weighted by Crippen LogP contribution is -2.46. The van der Waals surface area contributed by atoms with Crippen molar-refractivity contribution in [2.24, 2.45) is 5.92 Å². The number of terminal acetylenes is 1. The minimum absolute atomic E-state index is 0.712. The Hall–Kier alpha value is -2.40. The SMILES string of the molecule is C#CCc1c(CCBC)ccc(CC2CN(C(=C)Cc3ccc(C)cc3)C2)c1C. The minimum Gasteiger partial charge on any atom is -0.374 e. The van der Waals surface area contributed by atoms with Crippen molar-refractivity contribution in [2.45, 2.75) is 52.7 Å². The highest BCUT2D eigenvalue weighted by Crippen LogP contribution is 2.29. The number of nitrogens with zero attached hydrogens (tertiary/aromatic N) is 1. The predicted molar refractivity (Wildman–Crippen MR) is 128 cm³/mol. The molecule has 2 aromatic rings. The van der Waals surface area contributed by atoms with Crippen molar-refractivity contribution in [1.82, 2.24) is 4.90 Å². The number of benzene rings is 2. The lowest BCUT2D eigenvalue weighted by atomic mass is 9.74. The minimum atomic E-state index is 0.712. The Balaban J connectivity index is 1.58. The monoisotopic (exact) mass is 383 g/mol. The smallest absolute Gasteiger partial charge is 0.117 e. The highest BCUT2D eigenvalue weighted by Gasteiger charge is 2.28. The third-order valence-electron chi connectivity index (χ3n) is 6.33. The topological polar surface area (TPSA) is 3.24 Å². The molecule has 0 saturated carbocycles. The predicted octanol–water partition coefficient (Wildman–Crippen LogP) is 5.16. The van der Waals surface area contributed by atoms with Gasteiger partial charge in [-0.15, -0.1) is 12.3 Å². The molecule has 3 rings (SSSR count). The Morgan fingerprint density at radius 2 is 1.83 bits per heavy atom. The van der Waals surface area contributed by atoms with Crippen LogP contribution in [0.5, 0.6) is 0 Å². The van der Waals surface area contributed by atoms with Crippen molar-refractivity contribution in [3.63, 3.8) is 0 Å². The number of aryl methyl sites for hydroxylation is 2. The summed E-state index contributed by atoms with van der Waals surface area (Å²) in [6.07, 6.45) is 10.9. The molecule has 0 spiro atoms. The van der Waals surface area contributed by atoms with Crippen LogP contribution in [0.15, 0.2) is 48.7 Å². The van der Waals surface area contributed by atoms with Crippen LogP contribution in [0.2, 0.25) is 13.1 Å². The third-order valence-corrected chi connectivity index (χ3v) is 6.33. The largest absolute Gasteiger partial charge is 0.374 e. The van der Waals surface area contributed by atoms with Gasteiger partial charge in [-0.25, -0.2) is 0 Å². The number of hydrogen-bond donors (Lipinski definition) is 0. The Morgan fingerprint density at radius 1 is 1.14 bits per heavy atom. The molecule has 0 radical (unpaired) electrons. The summed E-state index contributed by atoms with van der Waals surface area (Å²) in [5.41, 5.74) is 9.65. The first-order valence-electron chi connectivity index (χ1n) is 11.0. The van der Waals surface area contributed by atoms with E-state index >= 15 is 0 Å². The van der Waals surface area contributed by atoms with Crippen LogP contribution in [0.3, 0.4) is 0 Å². The van der Waals surface area contributed by atoms with E-state index in [1.807, 2.05) is 0 Å². The van der Waals surface area contributed by atoms with E-state index in [1.165, 1.54) is 52.7 Å². The van der Waals surface area contributed by atoms with E-state index in [0.717, 1.165) is 38.8 Å². The lowest BCUT2D eigenvalue weighted by molar-refractivity contribution is 0.140. The second-order valence-corrected chi connectivity index (χ2v) is 8.68. The van der Waals surface area contributed by atoms with Crippen LogP contribution in [0.4, 0.5) is 0 Å². The van der Waals surface area contributed by atoms with Crippen LogP contribution in [-0.4, -0.2) is 25.3 Å². The van der Waals surface area contributed by atoms with E-state index in [0.29, 0.717) is 5.92 Å². The van der Waals surface area contributed by atoms with Crippen molar-refractivity contribution in [3.8, 4) is 12.3 Å². The molecule has 0 unspecified atom stereocenters. The zero-order valence-electron chi connectivity index (χ0n) is 18.4. The molecular formula is C27H34BN. The summed E-state index contributed by atoms with van der Waals surface area (Å²) in [6.45, 7) is 13.2. The number of allylic oxidation sites excluding steroid dienone is 1. The second-order valence-electron chi connectivity index (χ2n) is 8.68. The Bertz CT molecular complexity index is 882. The van der Waals surface area contributed by atoms with Crippen LogP contribution >= 0.6 is 0 Å². The molecule has 0 bridgehead atoms. The standard InChI is InChI=1S/C27H34BN/c1-6-7-27-22(4)26(13-12-25(27)14-15-28-5)17-24-18-29(19-24)21(3)16-23-10-8-20(2)9-11-23/h1,8-13,24,28H,3,7,14-19H2,2,4-5H3. The van der Waals surface area contributed by atoms with Gasteiger partial charge in [-0.05, 0) is 60.4 Å². The molecule has 2 aromatic carbocycles. The molecule has 150 valence electrons. The van der Waals surface area contributed by atoms with Crippen LogP contribution in [0.25, 0.3) is 0 Å². The van der Waals surface area contributed by atoms with Crippen molar-refractivity contribution < 1.29 is 0 Å². The first kappa shape index (κ1) is 21.3. The van der Waals surface area contributed by atoms with Gasteiger partial charge < -0.3 is 4.90 Å². The summed E-state index contributed by atoms with van der Waals surface area (Å²) >= 11 is 0.